The molecule has 0 amide bonds. The molecule has 1 aromatic rings. The number of hydrogen-bond donors (Lipinski definition) is 1. The van der Waals surface area contributed by atoms with Gasteiger partial charge in [0.25, 0.3) is 0 Å². The summed E-state index contributed by atoms with van der Waals surface area (Å²) in [5.74, 6) is 1.14. The Balaban J connectivity index is 1.92. The summed E-state index contributed by atoms with van der Waals surface area (Å²) < 4.78 is 5.44. The van der Waals surface area contributed by atoms with Crippen molar-refractivity contribution in [2.75, 3.05) is 49.7 Å². The van der Waals surface area contributed by atoms with Crippen LogP contribution in [0.3, 0.4) is 0 Å². The van der Waals surface area contributed by atoms with Crippen LogP contribution < -0.4 is 9.80 Å². The molecule has 26 heavy (non-hydrogen) atoms. The topological polar surface area (TPSA) is 78.8 Å². The van der Waals surface area contributed by atoms with Gasteiger partial charge >= 0.3 is 5.97 Å². The van der Waals surface area contributed by atoms with Crippen molar-refractivity contribution in [2.45, 2.75) is 39.5 Å². The van der Waals surface area contributed by atoms with Crippen LogP contribution in [-0.4, -0.2) is 60.9 Å². The number of aliphatic carboxylic acids is 1. The molecular weight excluding hydrogens is 332 g/mol. The van der Waals surface area contributed by atoms with Crippen molar-refractivity contribution in [3.05, 3.63) is 11.8 Å². The van der Waals surface area contributed by atoms with E-state index in [1.807, 2.05) is 7.05 Å². The molecule has 3 rings (SSSR count). The Kier molecular flexibility index (Phi) is 4.86. The van der Waals surface area contributed by atoms with Crippen LogP contribution in [0.5, 0.6) is 0 Å². The van der Waals surface area contributed by atoms with Crippen molar-refractivity contribution in [2.24, 2.45) is 11.3 Å². The molecule has 2 fully saturated rings. The van der Waals surface area contributed by atoms with E-state index in [4.69, 9.17) is 9.72 Å². The lowest BCUT2D eigenvalue weighted by Gasteiger charge is -2.33. The van der Waals surface area contributed by atoms with Gasteiger partial charge in [-0.05, 0) is 31.6 Å². The molecular formula is C19H30N4O3. The fourth-order valence-electron chi connectivity index (χ4n) is 3.42. The van der Waals surface area contributed by atoms with Crippen LogP contribution in [0.4, 0.5) is 11.8 Å². The molecule has 1 aliphatic carbocycles. The van der Waals surface area contributed by atoms with E-state index in [1.54, 1.807) is 20.0 Å². The fourth-order valence-corrected chi connectivity index (χ4v) is 3.42. The highest BCUT2D eigenvalue weighted by Crippen LogP contribution is 2.51. The van der Waals surface area contributed by atoms with E-state index in [9.17, 15) is 9.90 Å². The number of morpholine rings is 1. The van der Waals surface area contributed by atoms with Crippen molar-refractivity contribution in [1.29, 1.82) is 0 Å². The van der Waals surface area contributed by atoms with E-state index in [0.717, 1.165) is 6.54 Å². The minimum absolute atomic E-state index is 0.395. The van der Waals surface area contributed by atoms with E-state index in [0.29, 0.717) is 55.0 Å². The number of aromatic nitrogens is 2. The largest absolute Gasteiger partial charge is 0.481 e. The summed E-state index contributed by atoms with van der Waals surface area (Å²) in [5.41, 5.74) is -0.00809. The highest BCUT2D eigenvalue weighted by atomic mass is 16.5. The number of ether oxygens (including phenoxy) is 1. The molecule has 144 valence electrons. The van der Waals surface area contributed by atoms with Crippen LogP contribution in [0, 0.1) is 11.3 Å². The summed E-state index contributed by atoms with van der Waals surface area (Å²) in [6.45, 7) is 11.5. The van der Waals surface area contributed by atoms with Gasteiger partial charge in [0.2, 0.25) is 5.95 Å². The highest BCUT2D eigenvalue weighted by molar-refractivity contribution is 5.82. The average Bonchev–Trinajstić information content (AvgIpc) is 3.20. The lowest BCUT2D eigenvalue weighted by atomic mass is 9.85. The van der Waals surface area contributed by atoms with Gasteiger partial charge in [0.1, 0.15) is 5.82 Å². The van der Waals surface area contributed by atoms with Crippen LogP contribution in [0.2, 0.25) is 0 Å². The van der Waals surface area contributed by atoms with Gasteiger partial charge in [0.15, 0.2) is 0 Å². The molecule has 1 atom stereocenters. The van der Waals surface area contributed by atoms with E-state index in [-0.39, 0.29) is 0 Å². The number of nitrogens with zero attached hydrogens (tertiary/aromatic N) is 4. The molecule has 1 aromatic heterocycles. The quantitative estimate of drug-likeness (QED) is 0.831. The van der Waals surface area contributed by atoms with Gasteiger partial charge in [-0.25, -0.2) is 4.98 Å². The van der Waals surface area contributed by atoms with Gasteiger partial charge in [-0.2, -0.15) is 4.98 Å². The SMILES string of the molecule is CN(C[C@H]1CC1(C)C)c1ncc(C(C)(C)C(=O)O)c(N2CCOCC2)n1. The van der Waals surface area contributed by atoms with E-state index in [1.165, 1.54) is 6.42 Å². The highest BCUT2D eigenvalue weighted by Gasteiger charge is 2.46. The van der Waals surface area contributed by atoms with Crippen molar-refractivity contribution in [1.82, 2.24) is 9.97 Å². The zero-order valence-corrected chi connectivity index (χ0v) is 16.4. The third kappa shape index (κ3) is 3.63. The van der Waals surface area contributed by atoms with Crippen LogP contribution in [0.15, 0.2) is 6.20 Å². The van der Waals surface area contributed by atoms with Crippen LogP contribution >= 0.6 is 0 Å². The monoisotopic (exact) mass is 362 g/mol. The Morgan fingerprint density at radius 3 is 2.58 bits per heavy atom. The molecule has 0 spiro atoms. The molecule has 1 saturated heterocycles. The first-order valence-corrected chi connectivity index (χ1v) is 9.27. The Bertz CT molecular complexity index is 683. The van der Waals surface area contributed by atoms with Gasteiger partial charge in [0, 0.05) is 38.4 Å². The lowest BCUT2D eigenvalue weighted by Crippen LogP contribution is -2.40. The number of hydrogen-bond acceptors (Lipinski definition) is 6. The Labute approximate surface area is 155 Å². The van der Waals surface area contributed by atoms with Crippen LogP contribution in [0.1, 0.15) is 39.7 Å². The average molecular weight is 362 g/mol. The number of anilines is 2. The second kappa shape index (κ2) is 6.68. The maximum atomic E-state index is 11.8. The zero-order chi connectivity index (χ0) is 19.1. The number of rotatable bonds is 6. The predicted octanol–water partition coefficient (Wildman–Crippen LogP) is 2.16. The Morgan fingerprint density at radius 2 is 2.04 bits per heavy atom. The third-order valence-corrected chi connectivity index (χ3v) is 5.83. The normalized spacial score (nSPS) is 22.2. The first-order valence-electron chi connectivity index (χ1n) is 9.27. The number of carboxylic acids is 1. The van der Waals surface area contributed by atoms with Gasteiger partial charge in [-0.3, -0.25) is 4.79 Å². The van der Waals surface area contributed by atoms with Gasteiger partial charge < -0.3 is 19.6 Å². The Hall–Kier alpha value is -1.89. The lowest BCUT2D eigenvalue weighted by molar-refractivity contribution is -0.142. The molecule has 1 saturated carbocycles. The molecule has 2 aliphatic rings. The van der Waals surface area contributed by atoms with Crippen LogP contribution in [-0.2, 0) is 14.9 Å². The molecule has 1 aliphatic heterocycles. The Morgan fingerprint density at radius 1 is 1.42 bits per heavy atom. The van der Waals surface area contributed by atoms with E-state index < -0.39 is 11.4 Å². The first kappa shape index (κ1) is 18.9. The van der Waals surface area contributed by atoms with Crippen molar-refractivity contribution in [3.8, 4) is 0 Å². The van der Waals surface area contributed by atoms with Crippen molar-refractivity contribution in [3.63, 3.8) is 0 Å². The summed E-state index contributed by atoms with van der Waals surface area (Å²) in [6.07, 6.45) is 2.91. The maximum Gasteiger partial charge on any atom is 0.313 e. The summed E-state index contributed by atoms with van der Waals surface area (Å²) >= 11 is 0. The molecule has 0 aromatic carbocycles. The second-order valence-corrected chi connectivity index (χ2v) is 8.71. The third-order valence-electron chi connectivity index (χ3n) is 5.83. The number of carbonyl (C=O) groups is 1. The first-order chi connectivity index (χ1) is 12.1. The molecule has 0 radical (unpaired) electrons. The van der Waals surface area contributed by atoms with Crippen LogP contribution in [0.25, 0.3) is 0 Å². The summed E-state index contributed by atoms with van der Waals surface area (Å²) in [4.78, 5) is 25.3. The fraction of sp³-hybridized carbons (Fsp3) is 0.737. The maximum absolute atomic E-state index is 11.8. The predicted molar refractivity (Wildman–Crippen MR) is 101 cm³/mol. The molecule has 0 bridgehead atoms. The minimum Gasteiger partial charge on any atom is -0.481 e. The van der Waals surface area contributed by atoms with E-state index >= 15 is 0 Å². The molecule has 7 nitrogen and oxygen atoms in total. The summed E-state index contributed by atoms with van der Waals surface area (Å²) in [6, 6.07) is 0. The van der Waals surface area contributed by atoms with Crippen molar-refractivity contribution >= 4 is 17.7 Å². The molecule has 0 unspecified atom stereocenters. The molecule has 7 heteroatoms. The smallest absolute Gasteiger partial charge is 0.313 e. The molecule has 2 heterocycles. The second-order valence-electron chi connectivity index (χ2n) is 8.71. The number of carboxylic acid groups (broad SMARTS) is 1. The minimum atomic E-state index is -1.05. The summed E-state index contributed by atoms with van der Waals surface area (Å²) in [7, 11) is 2.01. The standard InChI is InChI=1S/C19H30N4O3/c1-18(2)10-13(18)12-22(5)17-20-11-14(19(3,4)16(24)25)15(21-17)23-6-8-26-9-7-23/h11,13H,6-10,12H2,1-5H3,(H,24,25)/t13-/m1/s1. The van der Waals surface area contributed by atoms with E-state index in [2.05, 4.69) is 28.6 Å². The van der Waals surface area contributed by atoms with Gasteiger partial charge in [-0.15, -0.1) is 0 Å². The zero-order valence-electron chi connectivity index (χ0n) is 16.4. The van der Waals surface area contributed by atoms with Gasteiger partial charge in [-0.1, -0.05) is 13.8 Å². The van der Waals surface area contributed by atoms with Gasteiger partial charge in [0.05, 0.1) is 18.6 Å². The molecule has 1 N–H and O–H groups in total. The van der Waals surface area contributed by atoms with Crippen molar-refractivity contribution < 1.29 is 14.6 Å². The summed E-state index contributed by atoms with van der Waals surface area (Å²) in [5, 5.41) is 9.67.